The molecule has 0 aliphatic rings. The van der Waals surface area contributed by atoms with Crippen LogP contribution in [-0.4, -0.2) is 96.7 Å². The van der Waals surface area contributed by atoms with Crippen LogP contribution in [0.5, 0.6) is 0 Å². The van der Waals surface area contributed by atoms with Gasteiger partial charge in [-0.05, 0) is 49.4 Å². The van der Waals surface area contributed by atoms with Gasteiger partial charge in [0.25, 0.3) is 0 Å². The first-order valence-corrected chi connectivity index (χ1v) is 40.2. The van der Waals surface area contributed by atoms with Crippen LogP contribution in [0, 0.1) is 23.7 Å². The molecule has 3 N–H and O–H groups in total. The van der Waals surface area contributed by atoms with Crippen molar-refractivity contribution in [2.24, 2.45) is 23.7 Å². The maximum absolute atomic E-state index is 13.0. The molecule has 17 nitrogen and oxygen atoms in total. The normalized spacial score (nSPS) is 14.5. The van der Waals surface area contributed by atoms with Gasteiger partial charge in [0.2, 0.25) is 0 Å². The van der Waals surface area contributed by atoms with Crippen molar-refractivity contribution in [3.8, 4) is 0 Å². The summed E-state index contributed by atoms with van der Waals surface area (Å²) in [7, 11) is -9.91. The van der Waals surface area contributed by atoms with E-state index in [1.807, 2.05) is 0 Å². The average molecular weight is 1340 g/mol. The van der Waals surface area contributed by atoms with E-state index in [1.165, 1.54) is 161 Å². The molecule has 0 rings (SSSR count). The lowest BCUT2D eigenvalue weighted by molar-refractivity contribution is -0.161. The zero-order valence-corrected chi connectivity index (χ0v) is 61.3. The number of phosphoric ester groups is 2. The molecule has 0 aromatic heterocycles. The van der Waals surface area contributed by atoms with Crippen molar-refractivity contribution in [2.45, 2.75) is 375 Å². The Balaban J connectivity index is 5.27. The van der Waals surface area contributed by atoms with Crippen molar-refractivity contribution in [1.29, 1.82) is 0 Å². The van der Waals surface area contributed by atoms with Crippen LogP contribution in [0.15, 0.2) is 0 Å². The molecule has 0 amide bonds. The molecule has 0 aliphatic carbocycles. The van der Waals surface area contributed by atoms with Crippen molar-refractivity contribution in [3.63, 3.8) is 0 Å². The van der Waals surface area contributed by atoms with Gasteiger partial charge in [-0.3, -0.25) is 37.3 Å². The minimum Gasteiger partial charge on any atom is -0.462 e. The van der Waals surface area contributed by atoms with E-state index in [-0.39, 0.29) is 25.7 Å². The lowest BCUT2D eigenvalue weighted by Gasteiger charge is -2.21. The quantitative estimate of drug-likeness (QED) is 0.0222. The van der Waals surface area contributed by atoms with E-state index in [9.17, 15) is 43.2 Å². The summed E-state index contributed by atoms with van der Waals surface area (Å²) in [6, 6.07) is 0. The molecule has 19 heteroatoms. The fourth-order valence-electron chi connectivity index (χ4n) is 10.8. The van der Waals surface area contributed by atoms with Crippen molar-refractivity contribution >= 4 is 39.5 Å². The molecule has 0 aromatic rings. The number of hydrogen-bond donors (Lipinski definition) is 3. The number of rotatable bonds is 69. The Morgan fingerprint density at radius 2 is 0.527 bits per heavy atom. The Labute approximate surface area is 556 Å². The zero-order chi connectivity index (χ0) is 67.5. The van der Waals surface area contributed by atoms with Crippen LogP contribution in [-0.2, 0) is 65.4 Å². The number of esters is 4. The molecule has 0 aromatic carbocycles. The summed E-state index contributed by atoms with van der Waals surface area (Å²) in [5.74, 6) is 0.908. The predicted molar refractivity (Wildman–Crippen MR) is 367 cm³/mol. The van der Waals surface area contributed by atoms with Gasteiger partial charge in [-0.2, -0.15) is 0 Å². The molecular formula is C72H140O17P2. The van der Waals surface area contributed by atoms with Crippen molar-refractivity contribution in [1.82, 2.24) is 0 Å². The molecule has 0 radical (unpaired) electrons. The van der Waals surface area contributed by atoms with Gasteiger partial charge in [-0.15, -0.1) is 0 Å². The van der Waals surface area contributed by atoms with E-state index in [2.05, 4.69) is 55.4 Å². The van der Waals surface area contributed by atoms with Gasteiger partial charge in [0, 0.05) is 25.7 Å². The summed E-state index contributed by atoms with van der Waals surface area (Å²) in [5.41, 5.74) is 0. The molecule has 4 unspecified atom stereocenters. The number of hydrogen-bond acceptors (Lipinski definition) is 15. The zero-order valence-electron chi connectivity index (χ0n) is 59.5. The molecular weight excluding hydrogens is 1200 g/mol. The van der Waals surface area contributed by atoms with Crippen molar-refractivity contribution in [3.05, 3.63) is 0 Å². The monoisotopic (exact) mass is 1340 g/mol. The Morgan fingerprint density at radius 3 is 0.780 bits per heavy atom. The number of unbranched alkanes of at least 4 members (excludes halogenated alkanes) is 34. The first-order valence-electron chi connectivity index (χ1n) is 37.2. The number of ether oxygens (including phenoxy) is 4. The largest absolute Gasteiger partial charge is 0.472 e. The highest BCUT2D eigenvalue weighted by Gasteiger charge is 2.30. The third kappa shape index (κ3) is 65.1. The minimum atomic E-state index is -4.95. The van der Waals surface area contributed by atoms with E-state index in [1.54, 1.807) is 0 Å². The van der Waals surface area contributed by atoms with Crippen molar-refractivity contribution in [2.75, 3.05) is 39.6 Å². The van der Waals surface area contributed by atoms with E-state index in [0.29, 0.717) is 25.7 Å². The minimum absolute atomic E-state index is 0.105. The third-order valence-corrected chi connectivity index (χ3v) is 18.8. The number of phosphoric acid groups is 2. The first kappa shape index (κ1) is 89.1. The van der Waals surface area contributed by atoms with E-state index in [0.717, 1.165) is 114 Å². The van der Waals surface area contributed by atoms with Crippen LogP contribution in [0.2, 0.25) is 0 Å². The molecule has 0 bridgehead atoms. The molecule has 0 aliphatic heterocycles. The average Bonchev–Trinajstić information content (AvgIpc) is 3.72. The summed E-state index contributed by atoms with van der Waals surface area (Å²) in [4.78, 5) is 72.7. The summed E-state index contributed by atoms with van der Waals surface area (Å²) in [6.45, 7) is 14.1. The highest BCUT2D eigenvalue weighted by atomic mass is 31.2. The highest BCUT2D eigenvalue weighted by molar-refractivity contribution is 7.47. The SMILES string of the molecule is CCC(C)CCCCCCCCCCC(=O)OC[C@H](COP(=O)(O)OCC(O)COP(=O)(O)OC[C@@H](COC(=O)CCCCCCCCCCC(C)C)OC(=O)CCCCCCCCCCCCCC(C)C)OC(=O)CCCCCCCCCCCCCC(C)C. The fourth-order valence-corrected chi connectivity index (χ4v) is 12.4. The molecule has 0 spiro atoms. The molecule has 6 atom stereocenters. The summed E-state index contributed by atoms with van der Waals surface area (Å²) >= 11 is 0. The van der Waals surface area contributed by atoms with Gasteiger partial charge in [-0.25, -0.2) is 9.13 Å². The standard InChI is InChI=1S/C72H140O17P2/c1-9-65(8)51-43-35-27-21-23-29-37-45-53-70(75)83-59-68(89-72(77)55-47-39-31-19-15-11-13-17-25-33-41-49-63(4)5)61-87-91(80,81)85-57-66(73)56-84-90(78,79)86-60-67(58-82-69(74)52-44-36-28-22-20-26-34-42-50-64(6)7)88-71(76)54-46-38-30-18-14-10-12-16-24-32-40-48-62(2)3/h62-68,73H,9-61H2,1-8H3,(H,78,79)(H,80,81)/t65?,66?,67-,68-/m1/s1. The summed E-state index contributed by atoms with van der Waals surface area (Å²) in [6.07, 6.45) is 44.3. The number of aliphatic hydroxyl groups excluding tert-OH is 1. The molecule has 91 heavy (non-hydrogen) atoms. The van der Waals surface area contributed by atoms with Crippen molar-refractivity contribution < 1.29 is 80.2 Å². The van der Waals surface area contributed by atoms with E-state index >= 15 is 0 Å². The van der Waals surface area contributed by atoms with Crippen LogP contribution < -0.4 is 0 Å². The predicted octanol–water partition coefficient (Wildman–Crippen LogP) is 20.5. The Hall–Kier alpha value is -1.94. The number of carbonyl (C=O) groups is 4. The topological polar surface area (TPSA) is 237 Å². The van der Waals surface area contributed by atoms with Crippen LogP contribution >= 0.6 is 15.6 Å². The summed E-state index contributed by atoms with van der Waals surface area (Å²) < 4.78 is 68.4. The fraction of sp³-hybridized carbons (Fsp3) is 0.944. The van der Waals surface area contributed by atoms with Gasteiger partial charge >= 0.3 is 39.5 Å². The lowest BCUT2D eigenvalue weighted by atomic mass is 9.99. The third-order valence-electron chi connectivity index (χ3n) is 16.9. The second kappa shape index (κ2) is 61.6. The second-order valence-electron chi connectivity index (χ2n) is 27.6. The van der Waals surface area contributed by atoms with Crippen LogP contribution in [0.4, 0.5) is 0 Å². The Bertz CT molecular complexity index is 1800. The van der Waals surface area contributed by atoms with E-state index in [4.69, 9.17) is 37.0 Å². The molecule has 540 valence electrons. The highest BCUT2D eigenvalue weighted by Crippen LogP contribution is 2.45. The first-order chi connectivity index (χ1) is 43.6. The van der Waals surface area contributed by atoms with Gasteiger partial charge in [0.1, 0.15) is 19.3 Å². The van der Waals surface area contributed by atoms with Crippen LogP contribution in [0.25, 0.3) is 0 Å². The van der Waals surface area contributed by atoms with Gasteiger partial charge < -0.3 is 33.8 Å². The number of carbonyl (C=O) groups excluding carboxylic acids is 4. The van der Waals surface area contributed by atoms with Gasteiger partial charge in [0.05, 0.1) is 26.4 Å². The molecule has 0 fully saturated rings. The van der Waals surface area contributed by atoms with Crippen LogP contribution in [0.1, 0.15) is 357 Å². The lowest BCUT2D eigenvalue weighted by Crippen LogP contribution is -2.30. The Kier molecular flexibility index (Phi) is 60.3. The maximum Gasteiger partial charge on any atom is 0.472 e. The smallest absolute Gasteiger partial charge is 0.462 e. The van der Waals surface area contributed by atoms with Gasteiger partial charge in [0.15, 0.2) is 12.2 Å². The second-order valence-corrected chi connectivity index (χ2v) is 30.6. The van der Waals surface area contributed by atoms with Crippen LogP contribution in [0.3, 0.4) is 0 Å². The Morgan fingerprint density at radius 1 is 0.308 bits per heavy atom. The maximum atomic E-state index is 13.0. The molecule has 0 saturated carbocycles. The molecule has 0 heterocycles. The van der Waals surface area contributed by atoms with Gasteiger partial charge in [-0.1, -0.05) is 306 Å². The molecule has 0 saturated heterocycles. The number of aliphatic hydroxyl groups is 1. The van der Waals surface area contributed by atoms with E-state index < -0.39 is 97.5 Å². The summed E-state index contributed by atoms with van der Waals surface area (Å²) in [5, 5.41) is 10.6.